The second-order valence-corrected chi connectivity index (χ2v) is 6.09. The second kappa shape index (κ2) is 10.1. The zero-order valence-corrected chi connectivity index (χ0v) is 14.0. The standard InChI is InChI=1S/C16H33N3O2/c1-4-6-8-19(9-7-5-2)16(20)13-18-10-11-21-15(12-18)14(3)17/h14-15H,4-13,17H2,1-3H3. The van der Waals surface area contributed by atoms with Gasteiger partial charge in [0, 0.05) is 32.2 Å². The van der Waals surface area contributed by atoms with Crippen LogP contribution in [0.2, 0.25) is 0 Å². The number of hydrogen-bond acceptors (Lipinski definition) is 4. The Hall–Kier alpha value is -0.650. The SMILES string of the molecule is CCCCN(CCCC)C(=O)CN1CCOC(C(C)N)C1. The summed E-state index contributed by atoms with van der Waals surface area (Å²) in [5, 5.41) is 0. The van der Waals surface area contributed by atoms with Crippen molar-refractivity contribution in [1.82, 2.24) is 9.80 Å². The Morgan fingerprint density at radius 3 is 2.48 bits per heavy atom. The third-order valence-electron chi connectivity index (χ3n) is 4.04. The first-order valence-corrected chi connectivity index (χ1v) is 8.45. The summed E-state index contributed by atoms with van der Waals surface area (Å²) in [4.78, 5) is 16.7. The fourth-order valence-electron chi connectivity index (χ4n) is 2.54. The minimum absolute atomic E-state index is 0.0131. The van der Waals surface area contributed by atoms with Crippen molar-refractivity contribution in [1.29, 1.82) is 0 Å². The van der Waals surface area contributed by atoms with Gasteiger partial charge < -0.3 is 15.4 Å². The van der Waals surface area contributed by atoms with Crippen LogP contribution in [0.1, 0.15) is 46.5 Å². The number of nitrogens with zero attached hydrogens (tertiary/aromatic N) is 2. The molecule has 0 spiro atoms. The molecule has 2 atom stereocenters. The van der Waals surface area contributed by atoms with Crippen molar-refractivity contribution in [2.24, 2.45) is 5.73 Å². The van der Waals surface area contributed by atoms with Gasteiger partial charge in [-0.3, -0.25) is 9.69 Å². The summed E-state index contributed by atoms with van der Waals surface area (Å²) in [5.41, 5.74) is 5.90. The van der Waals surface area contributed by atoms with E-state index in [-0.39, 0.29) is 18.1 Å². The lowest BCUT2D eigenvalue weighted by atomic mass is 10.1. The maximum absolute atomic E-state index is 12.5. The van der Waals surface area contributed by atoms with E-state index in [4.69, 9.17) is 10.5 Å². The van der Waals surface area contributed by atoms with E-state index < -0.39 is 0 Å². The number of ether oxygens (including phenoxy) is 1. The molecule has 2 N–H and O–H groups in total. The van der Waals surface area contributed by atoms with Gasteiger partial charge in [0.2, 0.25) is 5.91 Å². The number of rotatable bonds is 9. The Labute approximate surface area is 129 Å². The van der Waals surface area contributed by atoms with Gasteiger partial charge in [-0.15, -0.1) is 0 Å². The fraction of sp³-hybridized carbons (Fsp3) is 0.938. The van der Waals surface area contributed by atoms with E-state index in [9.17, 15) is 4.79 Å². The van der Waals surface area contributed by atoms with E-state index in [2.05, 4.69) is 18.7 Å². The molecule has 0 bridgehead atoms. The predicted molar refractivity (Wildman–Crippen MR) is 86.2 cm³/mol. The highest BCUT2D eigenvalue weighted by Gasteiger charge is 2.25. The van der Waals surface area contributed by atoms with E-state index in [1.165, 1.54) is 0 Å². The molecule has 1 saturated heterocycles. The quantitative estimate of drug-likeness (QED) is 0.700. The monoisotopic (exact) mass is 299 g/mol. The van der Waals surface area contributed by atoms with Gasteiger partial charge in [0.1, 0.15) is 0 Å². The van der Waals surface area contributed by atoms with E-state index in [0.717, 1.165) is 51.9 Å². The molecule has 21 heavy (non-hydrogen) atoms. The first-order chi connectivity index (χ1) is 10.1. The van der Waals surface area contributed by atoms with Crippen LogP contribution in [0, 0.1) is 0 Å². The van der Waals surface area contributed by atoms with Gasteiger partial charge in [-0.2, -0.15) is 0 Å². The molecule has 5 nitrogen and oxygen atoms in total. The Morgan fingerprint density at radius 1 is 1.33 bits per heavy atom. The smallest absolute Gasteiger partial charge is 0.236 e. The van der Waals surface area contributed by atoms with Gasteiger partial charge in [0.05, 0.1) is 19.3 Å². The van der Waals surface area contributed by atoms with Gasteiger partial charge in [0.25, 0.3) is 0 Å². The second-order valence-electron chi connectivity index (χ2n) is 6.09. The molecule has 0 saturated carbocycles. The maximum atomic E-state index is 12.5. The maximum Gasteiger partial charge on any atom is 0.236 e. The average molecular weight is 299 g/mol. The van der Waals surface area contributed by atoms with Crippen molar-refractivity contribution >= 4 is 5.91 Å². The number of hydrogen-bond donors (Lipinski definition) is 1. The average Bonchev–Trinajstić information content (AvgIpc) is 2.47. The number of amides is 1. The molecule has 5 heteroatoms. The van der Waals surface area contributed by atoms with E-state index in [1.54, 1.807) is 0 Å². The van der Waals surface area contributed by atoms with E-state index in [1.807, 2.05) is 11.8 Å². The number of carbonyl (C=O) groups excluding carboxylic acids is 1. The van der Waals surface area contributed by atoms with E-state index >= 15 is 0 Å². The highest BCUT2D eigenvalue weighted by Crippen LogP contribution is 2.09. The van der Waals surface area contributed by atoms with Crippen LogP contribution in [-0.2, 0) is 9.53 Å². The number of carbonyl (C=O) groups is 1. The lowest BCUT2D eigenvalue weighted by Crippen LogP contribution is -2.52. The van der Waals surface area contributed by atoms with Crippen LogP contribution >= 0.6 is 0 Å². The third-order valence-corrected chi connectivity index (χ3v) is 4.04. The summed E-state index contributed by atoms with van der Waals surface area (Å²) in [6.07, 6.45) is 4.47. The van der Waals surface area contributed by atoms with Crippen molar-refractivity contribution in [2.45, 2.75) is 58.6 Å². The molecule has 0 aliphatic carbocycles. The van der Waals surface area contributed by atoms with Gasteiger partial charge in [-0.05, 0) is 19.8 Å². The van der Waals surface area contributed by atoms with Crippen molar-refractivity contribution in [2.75, 3.05) is 39.3 Å². The first kappa shape index (κ1) is 18.4. The van der Waals surface area contributed by atoms with Crippen molar-refractivity contribution < 1.29 is 9.53 Å². The van der Waals surface area contributed by atoms with Crippen LogP contribution in [-0.4, -0.2) is 67.2 Å². The Morgan fingerprint density at radius 2 is 1.95 bits per heavy atom. The van der Waals surface area contributed by atoms with E-state index in [0.29, 0.717) is 13.2 Å². The Kier molecular flexibility index (Phi) is 8.88. The summed E-state index contributed by atoms with van der Waals surface area (Å²) in [7, 11) is 0. The molecular weight excluding hydrogens is 266 g/mol. The lowest BCUT2D eigenvalue weighted by molar-refractivity contribution is -0.134. The molecule has 1 amide bonds. The summed E-state index contributed by atoms with van der Waals surface area (Å²) in [6.45, 7) is 10.8. The normalized spacial score (nSPS) is 21.2. The number of unbranched alkanes of at least 4 members (excludes halogenated alkanes) is 2. The van der Waals surface area contributed by atoms with Crippen LogP contribution < -0.4 is 5.73 Å². The fourth-order valence-corrected chi connectivity index (χ4v) is 2.54. The van der Waals surface area contributed by atoms with Crippen molar-refractivity contribution in [3.05, 3.63) is 0 Å². The molecule has 124 valence electrons. The van der Waals surface area contributed by atoms with Crippen LogP contribution in [0.4, 0.5) is 0 Å². The van der Waals surface area contributed by atoms with Gasteiger partial charge >= 0.3 is 0 Å². The molecule has 1 aliphatic rings. The minimum atomic E-state index is 0.0131. The summed E-state index contributed by atoms with van der Waals surface area (Å²) in [5.74, 6) is 0.252. The Bertz CT molecular complexity index is 289. The molecule has 0 radical (unpaired) electrons. The molecule has 1 fully saturated rings. The lowest BCUT2D eigenvalue weighted by Gasteiger charge is -2.35. The highest BCUT2D eigenvalue weighted by atomic mass is 16.5. The summed E-state index contributed by atoms with van der Waals surface area (Å²) in [6, 6.07) is 0.0131. The molecule has 0 aromatic heterocycles. The van der Waals surface area contributed by atoms with Crippen molar-refractivity contribution in [3.63, 3.8) is 0 Å². The molecular formula is C16H33N3O2. The summed E-state index contributed by atoms with van der Waals surface area (Å²) >= 11 is 0. The number of morpholine rings is 1. The van der Waals surface area contributed by atoms with Crippen LogP contribution in [0.3, 0.4) is 0 Å². The van der Waals surface area contributed by atoms with Crippen LogP contribution in [0.5, 0.6) is 0 Å². The Balaban J connectivity index is 2.46. The molecule has 0 aromatic rings. The van der Waals surface area contributed by atoms with Crippen molar-refractivity contribution in [3.8, 4) is 0 Å². The molecule has 1 aliphatic heterocycles. The minimum Gasteiger partial charge on any atom is -0.374 e. The largest absolute Gasteiger partial charge is 0.374 e. The predicted octanol–water partition coefficient (Wildman–Crippen LogP) is 1.46. The van der Waals surface area contributed by atoms with Crippen LogP contribution in [0.15, 0.2) is 0 Å². The first-order valence-electron chi connectivity index (χ1n) is 8.45. The zero-order chi connectivity index (χ0) is 15.7. The molecule has 1 rings (SSSR count). The zero-order valence-electron chi connectivity index (χ0n) is 14.0. The number of nitrogens with two attached hydrogens (primary N) is 1. The molecule has 1 heterocycles. The topological polar surface area (TPSA) is 58.8 Å². The van der Waals surface area contributed by atoms with Gasteiger partial charge in [0.15, 0.2) is 0 Å². The third kappa shape index (κ3) is 6.76. The molecule has 2 unspecified atom stereocenters. The van der Waals surface area contributed by atoms with Gasteiger partial charge in [-0.25, -0.2) is 0 Å². The molecule has 0 aromatic carbocycles. The highest BCUT2D eigenvalue weighted by molar-refractivity contribution is 5.78. The van der Waals surface area contributed by atoms with Gasteiger partial charge in [-0.1, -0.05) is 26.7 Å². The van der Waals surface area contributed by atoms with Crippen LogP contribution in [0.25, 0.3) is 0 Å². The summed E-state index contributed by atoms with van der Waals surface area (Å²) < 4.78 is 5.65.